The van der Waals surface area contributed by atoms with Crippen LogP contribution in [0.4, 0.5) is 0 Å². The van der Waals surface area contributed by atoms with Crippen LogP contribution in [0.3, 0.4) is 0 Å². The molecule has 1 aliphatic heterocycles. The normalized spacial score (nSPS) is 22.2. The second kappa shape index (κ2) is 17.6. The van der Waals surface area contributed by atoms with Crippen LogP contribution in [0, 0.1) is 10.1 Å². The van der Waals surface area contributed by atoms with Gasteiger partial charge in [0.2, 0.25) is 0 Å². The van der Waals surface area contributed by atoms with Crippen molar-refractivity contribution in [2.24, 2.45) is 0 Å². The zero-order valence-electron chi connectivity index (χ0n) is 26.9. The van der Waals surface area contributed by atoms with E-state index in [0.717, 1.165) is 22.3 Å². The van der Waals surface area contributed by atoms with Gasteiger partial charge in [0.25, 0.3) is 0 Å². The van der Waals surface area contributed by atoms with Crippen molar-refractivity contribution in [2.45, 2.75) is 69.4 Å². The van der Waals surface area contributed by atoms with E-state index in [0.29, 0.717) is 0 Å². The monoisotopic (exact) mass is 655 g/mol. The van der Waals surface area contributed by atoms with Crippen LogP contribution in [0.1, 0.15) is 35.1 Å². The first-order valence-electron chi connectivity index (χ1n) is 16.0. The Morgan fingerprint density at radius 3 is 1.58 bits per heavy atom. The lowest BCUT2D eigenvalue weighted by atomic mass is 9.87. The number of methoxy groups -OCH3 is 1. The van der Waals surface area contributed by atoms with Gasteiger partial charge in [-0.2, -0.15) is 0 Å². The Labute approximate surface area is 280 Å². The first-order chi connectivity index (χ1) is 23.5. The molecule has 0 bridgehead atoms. The number of carbonyl (C=O) groups excluding carboxylic acids is 1. The van der Waals surface area contributed by atoms with Gasteiger partial charge in [0.15, 0.2) is 6.10 Å². The highest BCUT2D eigenvalue weighted by atomic mass is 16.7. The van der Waals surface area contributed by atoms with Crippen LogP contribution < -0.4 is 0 Å². The van der Waals surface area contributed by atoms with Gasteiger partial charge < -0.3 is 28.4 Å². The van der Waals surface area contributed by atoms with Crippen molar-refractivity contribution in [1.29, 1.82) is 0 Å². The summed E-state index contributed by atoms with van der Waals surface area (Å²) in [6, 6.07) is 38.1. The standard InChI is InChI=1S/C38H41NO9/c1-43-34(40)22-23-38(39(41)42)37(47-27-32-20-12-5-13-21-32)36(46-26-31-18-10-4-11-19-31)35(45-25-30-16-8-3-9-17-30)33(48-38)28-44-24-29-14-6-2-7-15-29/h2-21,33,35-37H,22-28H2,1H3/t33-,35-,36+,37+,38?/m1/s1. The number of nitrogens with zero attached hydrogens (tertiary/aromatic N) is 1. The molecule has 1 heterocycles. The molecule has 0 N–H and O–H groups in total. The van der Waals surface area contributed by atoms with E-state index in [1.54, 1.807) is 0 Å². The Morgan fingerprint density at radius 2 is 1.12 bits per heavy atom. The molecule has 0 aliphatic carbocycles. The van der Waals surface area contributed by atoms with Gasteiger partial charge in [-0.15, -0.1) is 0 Å². The molecular weight excluding hydrogens is 614 g/mol. The number of rotatable bonds is 17. The fraction of sp³-hybridized carbons (Fsp3) is 0.342. The number of carbonyl (C=O) groups is 1. The van der Waals surface area contributed by atoms with Crippen LogP contribution in [-0.2, 0) is 59.6 Å². The van der Waals surface area contributed by atoms with Crippen molar-refractivity contribution in [3.05, 3.63) is 154 Å². The van der Waals surface area contributed by atoms with Gasteiger partial charge in [-0.05, 0) is 22.3 Å². The molecule has 1 fully saturated rings. The summed E-state index contributed by atoms with van der Waals surface area (Å²) < 4.78 is 37.1. The van der Waals surface area contributed by atoms with Gasteiger partial charge in [-0.3, -0.25) is 14.9 Å². The summed E-state index contributed by atoms with van der Waals surface area (Å²) in [6.45, 7) is 0.564. The summed E-state index contributed by atoms with van der Waals surface area (Å²) in [5.74, 6) is -0.609. The molecule has 10 heteroatoms. The molecule has 0 saturated carbocycles. The summed E-state index contributed by atoms with van der Waals surface area (Å²) in [5.41, 5.74) is 1.31. The molecule has 4 aromatic rings. The van der Waals surface area contributed by atoms with Crippen LogP contribution in [0.2, 0.25) is 0 Å². The fourth-order valence-corrected chi connectivity index (χ4v) is 5.76. The van der Waals surface area contributed by atoms with Crippen molar-refractivity contribution in [3.63, 3.8) is 0 Å². The maximum atomic E-state index is 13.3. The molecule has 5 atom stereocenters. The molecule has 5 rings (SSSR count). The Morgan fingerprint density at radius 1 is 0.688 bits per heavy atom. The summed E-state index contributed by atoms with van der Waals surface area (Å²) in [4.78, 5) is 25.2. The molecule has 4 aromatic carbocycles. The summed E-state index contributed by atoms with van der Waals surface area (Å²) >= 11 is 0. The number of hydrogen-bond donors (Lipinski definition) is 0. The maximum absolute atomic E-state index is 13.3. The third-order valence-corrected chi connectivity index (χ3v) is 8.25. The van der Waals surface area contributed by atoms with Crippen LogP contribution in [0.15, 0.2) is 121 Å². The van der Waals surface area contributed by atoms with E-state index in [2.05, 4.69) is 0 Å². The molecule has 0 spiro atoms. The highest BCUT2D eigenvalue weighted by Crippen LogP contribution is 2.40. The van der Waals surface area contributed by atoms with Gasteiger partial charge in [-0.1, -0.05) is 121 Å². The quantitative estimate of drug-likeness (QED) is 0.0736. The van der Waals surface area contributed by atoms with Gasteiger partial charge in [-0.25, -0.2) is 0 Å². The molecule has 0 aromatic heterocycles. The lowest BCUT2D eigenvalue weighted by molar-refractivity contribution is -0.662. The van der Waals surface area contributed by atoms with Gasteiger partial charge >= 0.3 is 11.7 Å². The van der Waals surface area contributed by atoms with Crippen LogP contribution in [0.25, 0.3) is 0 Å². The number of hydrogen-bond acceptors (Lipinski definition) is 9. The molecule has 0 radical (unpaired) electrons. The van der Waals surface area contributed by atoms with Gasteiger partial charge in [0.1, 0.15) is 18.3 Å². The predicted octanol–water partition coefficient (Wildman–Crippen LogP) is 6.28. The molecule has 0 amide bonds. The molecule has 10 nitrogen and oxygen atoms in total. The molecular formula is C38H41NO9. The van der Waals surface area contributed by atoms with Crippen molar-refractivity contribution in [1.82, 2.24) is 0 Å². The molecule has 1 aliphatic rings. The van der Waals surface area contributed by atoms with Crippen molar-refractivity contribution in [3.8, 4) is 0 Å². The van der Waals surface area contributed by atoms with E-state index in [1.165, 1.54) is 7.11 Å². The highest BCUT2D eigenvalue weighted by molar-refractivity contribution is 5.69. The SMILES string of the molecule is COC(=O)CCC1([N+](=O)[O-])O[C@H](COCc2ccccc2)[C@@H](OCc2ccccc2)[C@H](OCc2ccccc2)[C@@H]1OCc1ccccc1. The molecule has 252 valence electrons. The van der Waals surface area contributed by atoms with E-state index in [4.69, 9.17) is 28.4 Å². The predicted molar refractivity (Wildman–Crippen MR) is 177 cm³/mol. The Kier molecular flexibility index (Phi) is 12.8. The van der Waals surface area contributed by atoms with Crippen LogP contribution >= 0.6 is 0 Å². The third kappa shape index (κ3) is 9.33. The Bertz CT molecular complexity index is 1540. The minimum absolute atomic E-state index is 0.0362. The van der Waals surface area contributed by atoms with E-state index >= 15 is 0 Å². The first-order valence-corrected chi connectivity index (χ1v) is 16.0. The van der Waals surface area contributed by atoms with Crippen molar-refractivity contribution >= 4 is 5.97 Å². The van der Waals surface area contributed by atoms with E-state index < -0.39 is 41.0 Å². The molecule has 48 heavy (non-hydrogen) atoms. The Hall–Kier alpha value is -4.45. The summed E-state index contributed by atoms with van der Waals surface area (Å²) in [6.07, 6.45) is -4.69. The van der Waals surface area contributed by atoms with Crippen LogP contribution in [0.5, 0.6) is 0 Å². The smallest absolute Gasteiger partial charge is 0.354 e. The lowest BCUT2D eigenvalue weighted by Crippen LogP contribution is -2.69. The third-order valence-electron chi connectivity index (χ3n) is 8.25. The maximum Gasteiger partial charge on any atom is 0.354 e. The second-order valence-electron chi connectivity index (χ2n) is 11.6. The zero-order chi connectivity index (χ0) is 33.6. The highest BCUT2D eigenvalue weighted by Gasteiger charge is 2.65. The van der Waals surface area contributed by atoms with E-state index in [1.807, 2.05) is 121 Å². The van der Waals surface area contributed by atoms with E-state index in [9.17, 15) is 14.9 Å². The first kappa shape index (κ1) is 34.9. The van der Waals surface area contributed by atoms with E-state index in [-0.39, 0.29) is 45.9 Å². The summed E-state index contributed by atoms with van der Waals surface area (Å²) in [5, 5.41) is 13.3. The second-order valence-corrected chi connectivity index (χ2v) is 11.6. The van der Waals surface area contributed by atoms with Gasteiger partial charge in [0, 0.05) is 0 Å². The van der Waals surface area contributed by atoms with Gasteiger partial charge in [0.05, 0.1) is 57.9 Å². The fourth-order valence-electron chi connectivity index (χ4n) is 5.76. The Balaban J connectivity index is 1.53. The van der Waals surface area contributed by atoms with Crippen molar-refractivity contribution in [2.75, 3.05) is 13.7 Å². The number of benzene rings is 4. The topological polar surface area (TPSA) is 116 Å². The lowest BCUT2D eigenvalue weighted by Gasteiger charge is -2.47. The number of nitro groups is 1. The average Bonchev–Trinajstić information content (AvgIpc) is 3.13. The average molecular weight is 656 g/mol. The minimum Gasteiger partial charge on any atom is -0.469 e. The summed E-state index contributed by atoms with van der Waals surface area (Å²) in [7, 11) is 1.24. The molecule has 1 unspecified atom stereocenters. The number of ether oxygens (including phenoxy) is 6. The van der Waals surface area contributed by atoms with Crippen molar-refractivity contribution < 1.29 is 38.1 Å². The minimum atomic E-state index is -2.20. The largest absolute Gasteiger partial charge is 0.469 e. The van der Waals surface area contributed by atoms with Crippen LogP contribution in [-0.4, -0.2) is 54.8 Å². The molecule has 1 saturated heterocycles. The number of esters is 1. The zero-order valence-corrected chi connectivity index (χ0v) is 26.9.